The number of carbonyl (C=O) groups excluding carboxylic acids is 3. The molecule has 3 atom stereocenters. The molecule has 0 bridgehead atoms. The summed E-state index contributed by atoms with van der Waals surface area (Å²) in [4.78, 5) is 39.0. The molecule has 172 valence electrons. The molecule has 4 N–H and O–H groups in total. The van der Waals surface area contributed by atoms with Gasteiger partial charge in [-0.1, -0.05) is 48.5 Å². The van der Waals surface area contributed by atoms with Gasteiger partial charge in [-0.2, -0.15) is 0 Å². The SMILES string of the molecule is NC(=O)n1cc(NC(=O)N2C[C@H](F)C[C@H]2C(=O)C[C@H](CO)c2ccccc2)c2ccccc21. The molecular formula is C24H25FN4O4. The van der Waals surface area contributed by atoms with Crippen molar-refractivity contribution in [3.8, 4) is 0 Å². The lowest BCUT2D eigenvalue weighted by Gasteiger charge is -2.25. The fourth-order valence-electron chi connectivity index (χ4n) is 4.35. The highest BCUT2D eigenvalue weighted by Gasteiger charge is 2.40. The second-order valence-electron chi connectivity index (χ2n) is 8.16. The first-order valence-electron chi connectivity index (χ1n) is 10.7. The van der Waals surface area contributed by atoms with Gasteiger partial charge in [0, 0.05) is 30.3 Å². The summed E-state index contributed by atoms with van der Waals surface area (Å²) in [5, 5.41) is 13.1. The first-order valence-corrected chi connectivity index (χ1v) is 10.7. The van der Waals surface area contributed by atoms with Crippen molar-refractivity contribution in [2.24, 2.45) is 5.73 Å². The number of anilines is 1. The van der Waals surface area contributed by atoms with Crippen LogP contribution in [0.15, 0.2) is 60.8 Å². The molecule has 2 aromatic carbocycles. The molecule has 0 aliphatic carbocycles. The predicted molar refractivity (Wildman–Crippen MR) is 122 cm³/mol. The number of aliphatic hydroxyl groups excluding tert-OH is 1. The van der Waals surface area contributed by atoms with Crippen molar-refractivity contribution < 1.29 is 23.9 Å². The van der Waals surface area contributed by atoms with E-state index in [9.17, 15) is 23.9 Å². The Hall–Kier alpha value is -3.72. The number of fused-ring (bicyclic) bond motifs is 1. The summed E-state index contributed by atoms with van der Waals surface area (Å²) in [5.41, 5.74) is 7.08. The summed E-state index contributed by atoms with van der Waals surface area (Å²) < 4.78 is 15.5. The molecule has 1 aromatic heterocycles. The Balaban J connectivity index is 1.53. The number of nitrogens with zero attached hydrogens (tertiary/aromatic N) is 2. The molecule has 33 heavy (non-hydrogen) atoms. The number of aromatic nitrogens is 1. The number of alkyl halides is 1. The molecule has 0 unspecified atom stereocenters. The number of primary amides is 1. The molecule has 1 aliphatic rings. The van der Waals surface area contributed by atoms with Crippen LogP contribution in [0.4, 0.5) is 19.7 Å². The van der Waals surface area contributed by atoms with E-state index in [4.69, 9.17) is 5.73 Å². The van der Waals surface area contributed by atoms with E-state index in [0.29, 0.717) is 16.6 Å². The van der Waals surface area contributed by atoms with Crippen molar-refractivity contribution in [1.82, 2.24) is 9.47 Å². The zero-order valence-corrected chi connectivity index (χ0v) is 17.9. The molecule has 0 saturated carbocycles. The lowest BCUT2D eigenvalue weighted by atomic mass is 9.91. The van der Waals surface area contributed by atoms with Crippen LogP contribution in [-0.2, 0) is 4.79 Å². The van der Waals surface area contributed by atoms with Gasteiger partial charge in [0.05, 0.1) is 30.4 Å². The third kappa shape index (κ3) is 4.58. The number of nitrogens with one attached hydrogen (secondary N) is 1. The van der Waals surface area contributed by atoms with Gasteiger partial charge in [0.25, 0.3) is 0 Å². The lowest BCUT2D eigenvalue weighted by molar-refractivity contribution is -0.123. The first kappa shape index (κ1) is 22.5. The van der Waals surface area contributed by atoms with Crippen molar-refractivity contribution in [2.75, 3.05) is 18.5 Å². The average Bonchev–Trinajstić information content (AvgIpc) is 3.39. The van der Waals surface area contributed by atoms with Crippen LogP contribution in [0.2, 0.25) is 0 Å². The van der Waals surface area contributed by atoms with Crippen LogP contribution >= 0.6 is 0 Å². The molecular weight excluding hydrogens is 427 g/mol. The Bertz CT molecular complexity index is 1180. The summed E-state index contributed by atoms with van der Waals surface area (Å²) in [6.45, 7) is -0.452. The number of para-hydroxylation sites is 1. The molecule has 4 rings (SSSR count). The van der Waals surface area contributed by atoms with Gasteiger partial charge in [0.1, 0.15) is 6.17 Å². The molecule has 9 heteroatoms. The van der Waals surface area contributed by atoms with Crippen LogP contribution in [-0.4, -0.2) is 57.8 Å². The Morgan fingerprint density at radius 1 is 1.12 bits per heavy atom. The van der Waals surface area contributed by atoms with Gasteiger partial charge in [-0.15, -0.1) is 0 Å². The van der Waals surface area contributed by atoms with Gasteiger partial charge >= 0.3 is 12.1 Å². The average molecular weight is 452 g/mol. The van der Waals surface area contributed by atoms with Crippen LogP contribution in [0.3, 0.4) is 0 Å². The highest BCUT2D eigenvalue weighted by molar-refractivity contribution is 6.05. The van der Waals surface area contributed by atoms with Crippen molar-refractivity contribution in [3.05, 3.63) is 66.4 Å². The van der Waals surface area contributed by atoms with Crippen LogP contribution in [0.5, 0.6) is 0 Å². The van der Waals surface area contributed by atoms with Crippen LogP contribution in [0.1, 0.15) is 24.3 Å². The minimum absolute atomic E-state index is 0.0112. The Labute approximate surface area is 189 Å². The van der Waals surface area contributed by atoms with Gasteiger partial charge < -0.3 is 21.1 Å². The largest absolute Gasteiger partial charge is 0.396 e. The second kappa shape index (κ2) is 9.41. The van der Waals surface area contributed by atoms with E-state index in [1.807, 2.05) is 30.3 Å². The molecule has 0 spiro atoms. The molecule has 1 aliphatic heterocycles. The monoisotopic (exact) mass is 452 g/mol. The topological polar surface area (TPSA) is 118 Å². The number of nitrogens with two attached hydrogens (primary N) is 1. The number of likely N-dealkylation sites (tertiary alicyclic amines) is 1. The molecule has 0 radical (unpaired) electrons. The number of rotatable bonds is 6. The predicted octanol–water partition coefficient (Wildman–Crippen LogP) is 3.25. The summed E-state index contributed by atoms with van der Waals surface area (Å²) in [7, 11) is 0. The van der Waals surface area contributed by atoms with Crippen molar-refractivity contribution in [1.29, 1.82) is 0 Å². The molecule has 3 amide bonds. The number of hydrogen-bond donors (Lipinski definition) is 3. The maximum atomic E-state index is 14.3. The number of aliphatic hydroxyl groups is 1. The number of hydrogen-bond acceptors (Lipinski definition) is 4. The number of amides is 3. The maximum Gasteiger partial charge on any atom is 0.323 e. The van der Waals surface area contributed by atoms with Crippen molar-refractivity contribution in [2.45, 2.75) is 31.0 Å². The van der Waals surface area contributed by atoms with Gasteiger partial charge in [-0.3, -0.25) is 9.36 Å². The van der Waals surface area contributed by atoms with Gasteiger partial charge in [0.15, 0.2) is 5.78 Å². The molecule has 1 saturated heterocycles. The highest BCUT2D eigenvalue weighted by atomic mass is 19.1. The quantitative estimate of drug-likeness (QED) is 0.532. The van der Waals surface area contributed by atoms with E-state index in [2.05, 4.69) is 5.32 Å². The number of carbonyl (C=O) groups is 3. The number of halogens is 1. The van der Waals surface area contributed by atoms with E-state index in [0.717, 1.165) is 5.56 Å². The van der Waals surface area contributed by atoms with E-state index in [1.165, 1.54) is 15.7 Å². The summed E-state index contributed by atoms with van der Waals surface area (Å²) >= 11 is 0. The van der Waals surface area contributed by atoms with Crippen LogP contribution in [0.25, 0.3) is 10.9 Å². The van der Waals surface area contributed by atoms with Crippen molar-refractivity contribution in [3.63, 3.8) is 0 Å². The molecule has 1 fully saturated rings. The Morgan fingerprint density at radius 2 is 1.82 bits per heavy atom. The molecule has 8 nitrogen and oxygen atoms in total. The Kier molecular flexibility index (Phi) is 6.41. The molecule has 3 aromatic rings. The minimum Gasteiger partial charge on any atom is -0.396 e. The zero-order valence-electron chi connectivity index (χ0n) is 17.9. The third-order valence-corrected chi connectivity index (χ3v) is 6.01. The fraction of sp³-hybridized carbons (Fsp3) is 0.292. The Morgan fingerprint density at radius 3 is 2.52 bits per heavy atom. The third-order valence-electron chi connectivity index (χ3n) is 6.01. The standard InChI is InChI=1S/C24H25FN4O4/c25-17-11-21(22(31)10-16(14-30)15-6-2-1-3-7-15)29(12-17)24(33)27-19-13-28(23(26)32)20-9-5-4-8-18(19)20/h1-9,13,16-17,21,30H,10-12,14H2,(H2,26,32)(H,27,33)/t16-,17-,21+/m1/s1. The lowest BCUT2D eigenvalue weighted by Crippen LogP contribution is -2.43. The van der Waals surface area contributed by atoms with E-state index in [-0.39, 0.29) is 31.8 Å². The molecule has 2 heterocycles. The number of ketones is 1. The van der Waals surface area contributed by atoms with Crippen molar-refractivity contribution >= 4 is 34.4 Å². The highest BCUT2D eigenvalue weighted by Crippen LogP contribution is 2.29. The van der Waals surface area contributed by atoms with Crippen LogP contribution < -0.4 is 11.1 Å². The van der Waals surface area contributed by atoms with Crippen LogP contribution in [0, 0.1) is 0 Å². The second-order valence-corrected chi connectivity index (χ2v) is 8.16. The summed E-state index contributed by atoms with van der Waals surface area (Å²) in [6.07, 6.45) is -0.0340. The summed E-state index contributed by atoms with van der Waals surface area (Å²) in [5.74, 6) is -0.747. The van der Waals surface area contributed by atoms with E-state index >= 15 is 0 Å². The van der Waals surface area contributed by atoms with Gasteiger partial charge in [-0.25, -0.2) is 14.0 Å². The van der Waals surface area contributed by atoms with E-state index < -0.39 is 30.2 Å². The van der Waals surface area contributed by atoms with Gasteiger partial charge in [-0.05, 0) is 11.6 Å². The number of Topliss-reactive ketones (excluding diaryl/α,β-unsaturated/α-hetero) is 1. The normalized spacial score (nSPS) is 18.9. The number of benzene rings is 2. The zero-order chi connectivity index (χ0) is 23.5. The fourth-order valence-corrected chi connectivity index (χ4v) is 4.35. The smallest absolute Gasteiger partial charge is 0.323 e. The van der Waals surface area contributed by atoms with Gasteiger partial charge in [0.2, 0.25) is 0 Å². The van der Waals surface area contributed by atoms with E-state index in [1.54, 1.807) is 24.3 Å². The number of urea groups is 1. The minimum atomic E-state index is -1.33. The first-order chi connectivity index (χ1) is 15.9. The maximum absolute atomic E-state index is 14.3. The summed E-state index contributed by atoms with van der Waals surface area (Å²) in [6, 6.07) is 13.7.